The molecule has 0 radical (unpaired) electrons. The van der Waals surface area contributed by atoms with Crippen LogP contribution in [-0.4, -0.2) is 21.4 Å². The molecule has 2 aromatic heterocycles. The van der Waals surface area contributed by atoms with E-state index in [0.717, 1.165) is 48.7 Å². The van der Waals surface area contributed by atoms with Crippen LogP contribution < -0.4 is 11.1 Å². The fourth-order valence-electron chi connectivity index (χ4n) is 2.75. The molecule has 1 aliphatic carbocycles. The number of rotatable bonds is 2. The van der Waals surface area contributed by atoms with E-state index in [2.05, 4.69) is 15.3 Å². The van der Waals surface area contributed by atoms with Crippen molar-refractivity contribution in [2.45, 2.75) is 37.6 Å². The Hall–Kier alpha value is -1.43. The molecule has 1 amide bonds. The van der Waals surface area contributed by atoms with Crippen molar-refractivity contribution in [3.63, 3.8) is 0 Å². The van der Waals surface area contributed by atoms with E-state index in [1.165, 1.54) is 0 Å². The predicted octanol–water partition coefficient (Wildman–Crippen LogP) is 3.07. The molecule has 7 heteroatoms. The highest BCUT2D eigenvalue weighted by molar-refractivity contribution is 6.04. The number of pyridine rings is 2. The lowest BCUT2D eigenvalue weighted by Gasteiger charge is -2.31. The molecule has 0 saturated heterocycles. The number of hydrogen-bond donors (Lipinski definition) is 2. The second-order valence-corrected chi connectivity index (χ2v) is 5.42. The van der Waals surface area contributed by atoms with Crippen LogP contribution in [0.4, 0.5) is 5.69 Å². The number of anilines is 1. The molecule has 0 unspecified atom stereocenters. The number of aromatic nitrogens is 2. The van der Waals surface area contributed by atoms with Crippen LogP contribution in [0, 0.1) is 0 Å². The Balaban J connectivity index is 0.00000121. The second-order valence-electron chi connectivity index (χ2n) is 5.42. The summed E-state index contributed by atoms with van der Waals surface area (Å²) >= 11 is 0. The van der Waals surface area contributed by atoms with E-state index >= 15 is 0 Å². The summed E-state index contributed by atoms with van der Waals surface area (Å²) in [7, 11) is 0. The van der Waals surface area contributed by atoms with Gasteiger partial charge in [0, 0.05) is 24.0 Å². The predicted molar refractivity (Wildman–Crippen MR) is 92.7 cm³/mol. The lowest BCUT2D eigenvalue weighted by atomic mass is 9.82. The molecule has 3 rings (SSSR count). The van der Waals surface area contributed by atoms with E-state index in [1.807, 2.05) is 6.07 Å². The Kier molecular flexibility index (Phi) is 6.53. The van der Waals surface area contributed by atoms with Gasteiger partial charge in [0.05, 0.1) is 16.7 Å². The van der Waals surface area contributed by atoms with Crippen molar-refractivity contribution >= 4 is 47.3 Å². The van der Waals surface area contributed by atoms with Gasteiger partial charge in [-0.2, -0.15) is 0 Å². The lowest BCUT2D eigenvalue weighted by molar-refractivity contribution is -0.122. The third kappa shape index (κ3) is 3.66. The van der Waals surface area contributed by atoms with Crippen molar-refractivity contribution in [2.75, 3.05) is 5.32 Å². The van der Waals surface area contributed by atoms with Crippen molar-refractivity contribution in [3.05, 3.63) is 30.7 Å². The van der Waals surface area contributed by atoms with E-state index in [1.54, 1.807) is 24.7 Å². The summed E-state index contributed by atoms with van der Waals surface area (Å²) in [5.41, 5.74) is 7.05. The zero-order valence-corrected chi connectivity index (χ0v) is 13.8. The fraction of sp³-hybridized carbons (Fsp3) is 0.400. The smallest absolute Gasteiger partial charge is 0.244 e. The highest BCUT2D eigenvalue weighted by Gasteiger charge is 2.35. The van der Waals surface area contributed by atoms with E-state index in [-0.39, 0.29) is 30.7 Å². The maximum absolute atomic E-state index is 12.5. The number of fused-ring (bicyclic) bond motifs is 1. The van der Waals surface area contributed by atoms with Crippen molar-refractivity contribution in [3.8, 4) is 0 Å². The first-order chi connectivity index (χ1) is 9.69. The largest absolute Gasteiger partial charge is 0.324 e. The van der Waals surface area contributed by atoms with Crippen molar-refractivity contribution in [1.82, 2.24) is 9.97 Å². The number of halogens is 2. The molecule has 0 spiro atoms. The minimum Gasteiger partial charge on any atom is -0.324 e. The second kappa shape index (κ2) is 7.72. The average molecular weight is 343 g/mol. The number of carbonyl (C=O) groups excluding carboxylic acids is 1. The van der Waals surface area contributed by atoms with E-state index in [9.17, 15) is 4.79 Å². The molecule has 5 nitrogen and oxygen atoms in total. The molecule has 120 valence electrons. The SMILES string of the molecule is Cl.Cl.NC1(C(=O)Nc2ccnc3ccncc23)CCCCC1. The molecular formula is C15H20Cl2N4O. The van der Waals surface area contributed by atoms with Gasteiger partial charge in [-0.15, -0.1) is 24.8 Å². The number of amides is 1. The molecular weight excluding hydrogens is 323 g/mol. The van der Waals surface area contributed by atoms with Crippen LogP contribution in [0.2, 0.25) is 0 Å². The topological polar surface area (TPSA) is 80.9 Å². The van der Waals surface area contributed by atoms with Crippen molar-refractivity contribution < 1.29 is 4.79 Å². The Morgan fingerprint density at radius 3 is 2.59 bits per heavy atom. The Morgan fingerprint density at radius 2 is 1.86 bits per heavy atom. The summed E-state index contributed by atoms with van der Waals surface area (Å²) in [5, 5.41) is 3.79. The Labute approximate surface area is 141 Å². The minimum absolute atomic E-state index is 0. The summed E-state index contributed by atoms with van der Waals surface area (Å²) in [6.45, 7) is 0. The van der Waals surface area contributed by atoms with Gasteiger partial charge in [-0.1, -0.05) is 19.3 Å². The summed E-state index contributed by atoms with van der Waals surface area (Å²) in [6.07, 6.45) is 9.77. The number of hydrogen-bond acceptors (Lipinski definition) is 4. The van der Waals surface area contributed by atoms with Crippen LogP contribution >= 0.6 is 24.8 Å². The zero-order valence-electron chi connectivity index (χ0n) is 12.1. The first-order valence-electron chi connectivity index (χ1n) is 6.98. The summed E-state index contributed by atoms with van der Waals surface area (Å²) in [4.78, 5) is 20.8. The number of nitrogens with one attached hydrogen (secondary N) is 1. The number of nitrogens with zero attached hydrogens (tertiary/aromatic N) is 2. The molecule has 0 atom stereocenters. The summed E-state index contributed by atoms with van der Waals surface area (Å²) in [6, 6.07) is 3.61. The third-order valence-electron chi connectivity index (χ3n) is 3.99. The molecule has 1 saturated carbocycles. The van der Waals surface area contributed by atoms with Crippen molar-refractivity contribution in [2.24, 2.45) is 5.73 Å². The van der Waals surface area contributed by atoms with Gasteiger partial charge in [0.15, 0.2) is 0 Å². The van der Waals surface area contributed by atoms with Gasteiger partial charge in [-0.25, -0.2) is 0 Å². The molecule has 22 heavy (non-hydrogen) atoms. The maximum atomic E-state index is 12.5. The molecule has 0 bridgehead atoms. The van der Waals surface area contributed by atoms with Gasteiger partial charge in [0.25, 0.3) is 0 Å². The molecule has 0 aromatic carbocycles. The normalized spacial score (nSPS) is 16.2. The number of carbonyl (C=O) groups is 1. The van der Waals surface area contributed by atoms with Gasteiger partial charge in [-0.05, 0) is 25.0 Å². The first kappa shape index (κ1) is 18.6. The molecule has 1 aliphatic rings. The maximum Gasteiger partial charge on any atom is 0.244 e. The van der Waals surface area contributed by atoms with E-state index < -0.39 is 5.54 Å². The van der Waals surface area contributed by atoms with Gasteiger partial charge in [0.2, 0.25) is 5.91 Å². The molecule has 3 N–H and O–H groups in total. The van der Waals surface area contributed by atoms with E-state index in [0.29, 0.717) is 0 Å². The van der Waals surface area contributed by atoms with Crippen LogP contribution in [-0.2, 0) is 4.79 Å². The summed E-state index contributed by atoms with van der Waals surface area (Å²) in [5.74, 6) is -0.103. The first-order valence-corrected chi connectivity index (χ1v) is 6.98. The van der Waals surface area contributed by atoms with Gasteiger partial charge < -0.3 is 11.1 Å². The monoisotopic (exact) mass is 342 g/mol. The zero-order chi connectivity index (χ0) is 14.0. The fourth-order valence-corrected chi connectivity index (χ4v) is 2.75. The van der Waals surface area contributed by atoms with Crippen LogP contribution in [0.5, 0.6) is 0 Å². The van der Waals surface area contributed by atoms with Gasteiger partial charge in [-0.3, -0.25) is 14.8 Å². The lowest BCUT2D eigenvalue weighted by Crippen LogP contribution is -2.52. The number of nitrogens with two attached hydrogens (primary N) is 1. The van der Waals surface area contributed by atoms with Gasteiger partial charge >= 0.3 is 0 Å². The van der Waals surface area contributed by atoms with Crippen LogP contribution in [0.15, 0.2) is 30.7 Å². The van der Waals surface area contributed by atoms with Crippen LogP contribution in [0.1, 0.15) is 32.1 Å². The quantitative estimate of drug-likeness (QED) is 0.878. The van der Waals surface area contributed by atoms with Crippen molar-refractivity contribution in [1.29, 1.82) is 0 Å². The van der Waals surface area contributed by atoms with Crippen LogP contribution in [0.3, 0.4) is 0 Å². The summed E-state index contributed by atoms with van der Waals surface area (Å²) < 4.78 is 0. The highest BCUT2D eigenvalue weighted by Crippen LogP contribution is 2.28. The Bertz CT molecular complexity index is 639. The molecule has 2 heterocycles. The average Bonchev–Trinajstić information content (AvgIpc) is 2.48. The standard InChI is InChI=1S/C15H18N4O.2ClH/c16-15(6-2-1-3-7-15)14(20)19-13-5-9-18-12-4-8-17-10-11(12)13;;/h4-5,8-10H,1-3,6-7,16H2,(H,18,19,20);2*1H. The van der Waals surface area contributed by atoms with E-state index in [4.69, 9.17) is 5.73 Å². The Morgan fingerprint density at radius 1 is 1.14 bits per heavy atom. The van der Waals surface area contributed by atoms with Gasteiger partial charge in [0.1, 0.15) is 0 Å². The minimum atomic E-state index is -0.740. The van der Waals surface area contributed by atoms with Crippen LogP contribution in [0.25, 0.3) is 10.9 Å². The molecule has 1 fully saturated rings. The molecule has 0 aliphatic heterocycles. The highest BCUT2D eigenvalue weighted by atomic mass is 35.5. The molecule has 2 aromatic rings. The third-order valence-corrected chi connectivity index (χ3v) is 3.99.